The molecule has 2 atom stereocenters. The average molecular weight is 323 g/mol. The Morgan fingerprint density at radius 2 is 1.81 bits per heavy atom. The molecule has 0 aliphatic carbocycles. The van der Waals surface area contributed by atoms with Crippen LogP contribution in [0.2, 0.25) is 0 Å². The zero-order valence-corrected chi connectivity index (χ0v) is 11.8. The van der Waals surface area contributed by atoms with Gasteiger partial charge in [-0.05, 0) is 17.7 Å². The van der Waals surface area contributed by atoms with E-state index in [4.69, 9.17) is 5.11 Å². The summed E-state index contributed by atoms with van der Waals surface area (Å²) in [6.45, 7) is -0.756. The number of amides is 1. The second kappa shape index (κ2) is 6.92. The molecule has 0 saturated heterocycles. The first-order valence-corrected chi connectivity index (χ1v) is 7.73. The highest BCUT2D eigenvalue weighted by Gasteiger charge is 2.26. The first-order chi connectivity index (χ1) is 9.66. The second-order valence-electron chi connectivity index (χ2n) is 4.38. The van der Waals surface area contributed by atoms with Crippen molar-refractivity contribution in [2.45, 2.75) is 23.5 Å². The van der Waals surface area contributed by atoms with Crippen LogP contribution in [0.15, 0.2) is 29.2 Å². The van der Waals surface area contributed by atoms with E-state index in [1.54, 1.807) is 5.32 Å². The topological polar surface area (TPSA) is 104 Å². The molecule has 9 heteroatoms. The molecule has 1 aromatic carbocycles. The average Bonchev–Trinajstić information content (AvgIpc) is 2.42. The van der Waals surface area contributed by atoms with Gasteiger partial charge in [0.1, 0.15) is 6.10 Å². The van der Waals surface area contributed by atoms with Crippen molar-refractivity contribution < 1.29 is 32.2 Å². The molecule has 6 nitrogen and oxygen atoms in total. The van der Waals surface area contributed by atoms with Gasteiger partial charge in [-0.3, -0.25) is 4.79 Å². The molecule has 1 rings (SSSR count). The predicted molar refractivity (Wildman–Crippen MR) is 69.5 cm³/mol. The smallest absolute Gasteiger partial charge is 0.315 e. The van der Waals surface area contributed by atoms with Crippen LogP contribution in [0.1, 0.15) is 11.7 Å². The molecule has 1 amide bonds. The Bertz CT molecular complexity index is 588. The van der Waals surface area contributed by atoms with E-state index in [0.717, 1.165) is 6.26 Å². The van der Waals surface area contributed by atoms with Gasteiger partial charge in [0.25, 0.3) is 5.91 Å². The molecule has 0 aliphatic rings. The largest absolute Gasteiger partial charge is 0.394 e. The third kappa shape index (κ3) is 4.73. The predicted octanol–water partition coefficient (Wildman–Crippen LogP) is -0.134. The highest BCUT2D eigenvalue weighted by atomic mass is 32.2. The van der Waals surface area contributed by atoms with E-state index in [0.29, 0.717) is 0 Å². The van der Waals surface area contributed by atoms with Crippen molar-refractivity contribution in [1.82, 2.24) is 5.32 Å². The van der Waals surface area contributed by atoms with E-state index in [1.807, 2.05) is 0 Å². The van der Waals surface area contributed by atoms with Crippen LogP contribution in [-0.4, -0.2) is 49.9 Å². The van der Waals surface area contributed by atoms with Crippen LogP contribution in [0.3, 0.4) is 0 Å². The van der Waals surface area contributed by atoms with Gasteiger partial charge < -0.3 is 15.5 Å². The van der Waals surface area contributed by atoms with Gasteiger partial charge in [0.15, 0.2) is 9.84 Å². The number of halogens is 2. The maximum atomic E-state index is 12.1. The number of rotatable bonds is 6. The molecule has 0 radical (unpaired) electrons. The second-order valence-corrected chi connectivity index (χ2v) is 6.40. The van der Waals surface area contributed by atoms with E-state index in [-0.39, 0.29) is 10.5 Å². The summed E-state index contributed by atoms with van der Waals surface area (Å²) in [5.74, 6) is -1.61. The highest BCUT2D eigenvalue weighted by molar-refractivity contribution is 7.90. The fourth-order valence-electron chi connectivity index (χ4n) is 1.61. The number of sulfone groups is 1. The number of aliphatic hydroxyl groups is 2. The van der Waals surface area contributed by atoms with Crippen molar-refractivity contribution in [3.63, 3.8) is 0 Å². The van der Waals surface area contributed by atoms with Crippen LogP contribution in [0, 0.1) is 0 Å². The fraction of sp³-hybridized carbons (Fsp3) is 0.417. The van der Waals surface area contributed by atoms with E-state index in [2.05, 4.69) is 0 Å². The summed E-state index contributed by atoms with van der Waals surface area (Å²) in [5, 5.41) is 20.8. The first-order valence-electron chi connectivity index (χ1n) is 5.84. The van der Waals surface area contributed by atoms with Crippen molar-refractivity contribution >= 4 is 15.7 Å². The normalized spacial score (nSPS) is 14.8. The molecule has 0 aromatic heterocycles. The summed E-state index contributed by atoms with van der Waals surface area (Å²) in [6.07, 6.45) is -3.71. The van der Waals surface area contributed by atoms with Crippen LogP contribution in [0.5, 0.6) is 0 Å². The van der Waals surface area contributed by atoms with Gasteiger partial charge in [0.05, 0.1) is 17.5 Å². The Balaban J connectivity index is 2.90. The Labute approximate surface area is 120 Å². The molecular weight excluding hydrogens is 308 g/mol. The number of alkyl halides is 2. The van der Waals surface area contributed by atoms with Crippen LogP contribution in [0.25, 0.3) is 0 Å². The number of nitrogens with one attached hydrogen (secondary N) is 1. The lowest BCUT2D eigenvalue weighted by molar-refractivity contribution is -0.133. The van der Waals surface area contributed by atoms with Gasteiger partial charge in [-0.25, -0.2) is 8.42 Å². The molecule has 0 saturated carbocycles. The van der Waals surface area contributed by atoms with Crippen LogP contribution < -0.4 is 5.32 Å². The number of hydrogen-bond acceptors (Lipinski definition) is 5. The number of benzene rings is 1. The minimum Gasteiger partial charge on any atom is -0.394 e. The monoisotopic (exact) mass is 323 g/mol. The lowest BCUT2D eigenvalue weighted by Crippen LogP contribution is -2.44. The van der Waals surface area contributed by atoms with Gasteiger partial charge >= 0.3 is 6.43 Å². The van der Waals surface area contributed by atoms with Crippen LogP contribution >= 0.6 is 0 Å². The first kappa shape index (κ1) is 17.5. The van der Waals surface area contributed by atoms with Crippen molar-refractivity contribution in [3.05, 3.63) is 29.8 Å². The number of carbonyl (C=O) groups excluding carboxylic acids is 1. The summed E-state index contributed by atoms with van der Waals surface area (Å²) in [5.41, 5.74) is 0.177. The summed E-state index contributed by atoms with van der Waals surface area (Å²) in [6, 6.07) is 3.70. The zero-order chi connectivity index (χ0) is 16.2. The maximum absolute atomic E-state index is 12.1. The molecule has 0 fully saturated rings. The summed E-state index contributed by atoms with van der Waals surface area (Å²) < 4.78 is 46.8. The highest BCUT2D eigenvalue weighted by Crippen LogP contribution is 2.19. The Hall–Kier alpha value is -1.58. The molecule has 2 unspecified atom stereocenters. The maximum Gasteiger partial charge on any atom is 0.315 e. The minimum atomic E-state index is -3.40. The van der Waals surface area contributed by atoms with Crippen LogP contribution in [-0.2, 0) is 14.6 Å². The van der Waals surface area contributed by atoms with Gasteiger partial charge in [-0.1, -0.05) is 12.1 Å². The van der Waals surface area contributed by atoms with E-state index in [9.17, 15) is 27.1 Å². The summed E-state index contributed by atoms with van der Waals surface area (Å²) in [7, 11) is -3.40. The third-order valence-electron chi connectivity index (χ3n) is 2.75. The van der Waals surface area contributed by atoms with Gasteiger partial charge in [-0.2, -0.15) is 8.78 Å². The summed E-state index contributed by atoms with van der Waals surface area (Å²) >= 11 is 0. The van der Waals surface area contributed by atoms with Gasteiger partial charge in [0, 0.05) is 6.26 Å². The molecule has 21 heavy (non-hydrogen) atoms. The fourth-order valence-corrected chi connectivity index (χ4v) is 2.25. The molecule has 118 valence electrons. The van der Waals surface area contributed by atoms with Crippen molar-refractivity contribution in [3.8, 4) is 0 Å². The number of aliphatic hydroxyl groups excluding tert-OH is 2. The molecule has 0 spiro atoms. The quantitative estimate of drug-likeness (QED) is 0.676. The molecule has 0 bridgehead atoms. The Morgan fingerprint density at radius 3 is 2.19 bits per heavy atom. The lowest BCUT2D eigenvalue weighted by atomic mass is 10.0. The molecular formula is C12H15F2NO5S. The number of hydrogen-bond donors (Lipinski definition) is 3. The Morgan fingerprint density at radius 1 is 1.29 bits per heavy atom. The molecule has 1 aromatic rings. The van der Waals surface area contributed by atoms with E-state index in [1.165, 1.54) is 24.3 Å². The van der Waals surface area contributed by atoms with E-state index < -0.39 is 40.9 Å². The van der Waals surface area contributed by atoms with Crippen molar-refractivity contribution in [2.24, 2.45) is 0 Å². The van der Waals surface area contributed by atoms with Crippen molar-refractivity contribution in [1.29, 1.82) is 0 Å². The summed E-state index contributed by atoms with van der Waals surface area (Å²) in [4.78, 5) is 10.9. The molecule has 3 N–H and O–H groups in total. The van der Waals surface area contributed by atoms with Gasteiger partial charge in [0.2, 0.25) is 0 Å². The Kier molecular flexibility index (Phi) is 5.76. The standard InChI is InChI=1S/C12H15F2NO5S/c1-21(19,20)8-4-2-7(3-5-8)10(17)9(6-16)15-12(18)11(13)14/h2-5,9-11,16-17H,6H2,1H3,(H,15,18). The SMILES string of the molecule is CS(=O)(=O)c1ccc(C(O)C(CO)NC(=O)C(F)F)cc1. The van der Waals surface area contributed by atoms with Crippen molar-refractivity contribution in [2.75, 3.05) is 12.9 Å². The lowest BCUT2D eigenvalue weighted by Gasteiger charge is -2.22. The van der Waals surface area contributed by atoms with Crippen LogP contribution in [0.4, 0.5) is 8.78 Å². The molecule has 0 heterocycles. The molecule has 0 aliphatic heterocycles. The number of carbonyl (C=O) groups is 1. The van der Waals surface area contributed by atoms with E-state index >= 15 is 0 Å². The zero-order valence-electron chi connectivity index (χ0n) is 11.0. The van der Waals surface area contributed by atoms with Gasteiger partial charge in [-0.15, -0.1) is 0 Å². The minimum absolute atomic E-state index is 0.0237. The third-order valence-corrected chi connectivity index (χ3v) is 3.88.